The van der Waals surface area contributed by atoms with E-state index < -0.39 is 30.1 Å². The molecule has 0 bridgehead atoms. The number of hydrogen-bond acceptors (Lipinski definition) is 6. The van der Waals surface area contributed by atoms with E-state index in [1.165, 1.54) is 18.2 Å². The average Bonchev–Trinajstić information content (AvgIpc) is 3.04. The fraction of sp³-hybridized carbons (Fsp3) is 0.577. The Kier molecular flexibility index (Phi) is 11.3. The van der Waals surface area contributed by atoms with E-state index in [2.05, 4.69) is 0 Å². The van der Waals surface area contributed by atoms with Crippen molar-refractivity contribution in [2.24, 2.45) is 11.8 Å². The van der Waals surface area contributed by atoms with Gasteiger partial charge in [0.25, 0.3) is 0 Å². The molecule has 0 heterocycles. The van der Waals surface area contributed by atoms with Gasteiger partial charge in [0.05, 0.1) is 23.9 Å². The van der Waals surface area contributed by atoms with E-state index in [1.807, 2.05) is 12.2 Å². The van der Waals surface area contributed by atoms with Crippen LogP contribution in [-0.2, 0) is 15.7 Å². The molecule has 1 aromatic carbocycles. The number of benzene rings is 1. The highest BCUT2D eigenvalue weighted by molar-refractivity contribution is 5.69. The van der Waals surface area contributed by atoms with Crippen molar-refractivity contribution in [3.05, 3.63) is 54.1 Å². The third kappa shape index (κ3) is 10.0. The molecule has 2 rings (SSSR count). The molecule has 1 saturated carbocycles. The maximum atomic E-state index is 12.8. The lowest BCUT2D eigenvalue weighted by atomic mass is 9.89. The number of allylic oxidation sites excluding steroid dienone is 2. The zero-order chi connectivity index (χ0) is 26.0. The number of halogens is 3. The molecule has 1 fully saturated rings. The Hall–Kier alpha value is -2.36. The van der Waals surface area contributed by atoms with Gasteiger partial charge in [-0.25, -0.2) is 0 Å². The summed E-state index contributed by atoms with van der Waals surface area (Å²) in [4.78, 5) is 11.5. The maximum Gasteiger partial charge on any atom is 0.416 e. The third-order valence-corrected chi connectivity index (χ3v) is 5.75. The van der Waals surface area contributed by atoms with Gasteiger partial charge in [-0.1, -0.05) is 30.4 Å². The summed E-state index contributed by atoms with van der Waals surface area (Å²) in [7, 11) is 0. The van der Waals surface area contributed by atoms with Gasteiger partial charge in [0.15, 0.2) is 0 Å². The van der Waals surface area contributed by atoms with E-state index in [1.54, 1.807) is 19.9 Å². The number of rotatable bonds is 12. The molecule has 196 valence electrons. The van der Waals surface area contributed by atoms with Crippen LogP contribution in [0.2, 0.25) is 0 Å². The first-order valence-corrected chi connectivity index (χ1v) is 11.8. The van der Waals surface area contributed by atoms with Crippen LogP contribution in [0.4, 0.5) is 13.2 Å². The summed E-state index contributed by atoms with van der Waals surface area (Å²) in [6.45, 7) is 3.34. The maximum absolute atomic E-state index is 12.8. The summed E-state index contributed by atoms with van der Waals surface area (Å²) in [5, 5.41) is 30.8. The predicted octanol–water partition coefficient (Wildman–Crippen LogP) is 4.43. The van der Waals surface area contributed by atoms with E-state index in [9.17, 15) is 33.3 Å². The quantitative estimate of drug-likeness (QED) is 0.223. The smallest absolute Gasteiger partial charge is 0.416 e. The largest absolute Gasteiger partial charge is 0.491 e. The van der Waals surface area contributed by atoms with Gasteiger partial charge in [0, 0.05) is 18.8 Å². The molecule has 1 aromatic rings. The topological polar surface area (TPSA) is 96.2 Å². The highest BCUT2D eigenvalue weighted by atomic mass is 19.4. The van der Waals surface area contributed by atoms with Crippen LogP contribution in [0.15, 0.2) is 48.6 Å². The van der Waals surface area contributed by atoms with Gasteiger partial charge in [-0.3, -0.25) is 4.79 Å². The molecule has 0 aliphatic heterocycles. The van der Waals surface area contributed by atoms with Crippen LogP contribution in [0.3, 0.4) is 0 Å². The van der Waals surface area contributed by atoms with Crippen LogP contribution < -0.4 is 4.74 Å². The molecular weight excluding hydrogens is 465 g/mol. The Labute approximate surface area is 204 Å². The van der Waals surface area contributed by atoms with E-state index in [4.69, 9.17) is 9.47 Å². The van der Waals surface area contributed by atoms with Crippen LogP contribution in [-0.4, -0.2) is 52.3 Å². The lowest BCUT2D eigenvalue weighted by molar-refractivity contribution is -0.147. The van der Waals surface area contributed by atoms with Crippen molar-refractivity contribution < 1.29 is 42.8 Å². The molecule has 0 spiro atoms. The Bertz CT molecular complexity index is 852. The van der Waals surface area contributed by atoms with E-state index in [0.29, 0.717) is 25.7 Å². The molecule has 6 nitrogen and oxygen atoms in total. The first-order valence-electron chi connectivity index (χ1n) is 11.8. The lowest BCUT2D eigenvalue weighted by Crippen LogP contribution is -2.21. The molecule has 9 heteroatoms. The van der Waals surface area contributed by atoms with Crippen molar-refractivity contribution in [2.75, 3.05) is 6.61 Å². The number of hydrogen-bond donors (Lipinski definition) is 3. The number of ether oxygens (including phenoxy) is 2. The van der Waals surface area contributed by atoms with Gasteiger partial charge >= 0.3 is 12.1 Å². The first-order chi connectivity index (χ1) is 16.5. The molecule has 0 unspecified atom stereocenters. The van der Waals surface area contributed by atoms with Crippen LogP contribution in [0, 0.1) is 11.8 Å². The number of carbonyl (C=O) groups excluding carboxylic acids is 1. The van der Waals surface area contributed by atoms with Gasteiger partial charge in [-0.2, -0.15) is 13.2 Å². The monoisotopic (exact) mass is 500 g/mol. The number of aliphatic hydroxyl groups excluding tert-OH is 3. The van der Waals surface area contributed by atoms with Crippen LogP contribution in [0.25, 0.3) is 0 Å². The van der Waals surface area contributed by atoms with Gasteiger partial charge in [-0.05, 0) is 57.2 Å². The van der Waals surface area contributed by atoms with Crippen molar-refractivity contribution in [3.63, 3.8) is 0 Å². The highest BCUT2D eigenvalue weighted by Gasteiger charge is 2.39. The van der Waals surface area contributed by atoms with Crippen molar-refractivity contribution in [1.29, 1.82) is 0 Å². The fourth-order valence-electron chi connectivity index (χ4n) is 4.02. The Morgan fingerprint density at radius 3 is 2.63 bits per heavy atom. The third-order valence-electron chi connectivity index (χ3n) is 5.75. The molecule has 0 aromatic heterocycles. The summed E-state index contributed by atoms with van der Waals surface area (Å²) in [6.07, 6.45) is 2.09. The van der Waals surface area contributed by atoms with Gasteiger partial charge < -0.3 is 24.8 Å². The Balaban J connectivity index is 1.82. The number of carbonyl (C=O) groups is 1. The number of unbranched alkanes of at least 4 members (excludes halogenated alkanes) is 1. The van der Waals surface area contributed by atoms with Crippen molar-refractivity contribution in [1.82, 2.24) is 0 Å². The molecule has 5 atom stereocenters. The second-order valence-electron chi connectivity index (χ2n) is 9.04. The molecule has 0 saturated heterocycles. The second-order valence-corrected chi connectivity index (χ2v) is 9.04. The summed E-state index contributed by atoms with van der Waals surface area (Å²) in [5.41, 5.74) is -0.838. The summed E-state index contributed by atoms with van der Waals surface area (Å²) in [6, 6.07) is 4.40. The summed E-state index contributed by atoms with van der Waals surface area (Å²) in [5.74, 6) is -0.883. The fourth-order valence-corrected chi connectivity index (χ4v) is 4.02. The number of esters is 1. The minimum absolute atomic E-state index is 0.0101. The highest BCUT2D eigenvalue weighted by Crippen LogP contribution is 2.36. The standard InChI is InChI=1S/C26H35F3O6/c1-17(2)35-25(33)11-6-4-3-5-10-21-22(24(32)15-23(21)31)13-12-19(30)16-34-20-9-7-8-18(14-20)26(27,28)29/h3,5,7-9,12-14,17,19,21-24,30-32H,4,6,10-11,15-16H2,1-2H3/b5-3+,13-12+/t19-,21+,22+,23-,24+/m0/s1. The van der Waals surface area contributed by atoms with Crippen molar-refractivity contribution in [3.8, 4) is 5.75 Å². The minimum atomic E-state index is -4.49. The molecule has 0 radical (unpaired) electrons. The molecule has 1 aliphatic carbocycles. The van der Waals surface area contributed by atoms with E-state index >= 15 is 0 Å². The molecule has 0 amide bonds. The molecule has 35 heavy (non-hydrogen) atoms. The molecule has 1 aliphatic rings. The summed E-state index contributed by atoms with van der Waals surface area (Å²) < 4.78 is 48.8. The zero-order valence-corrected chi connectivity index (χ0v) is 20.0. The van der Waals surface area contributed by atoms with Gasteiger partial charge in [0.2, 0.25) is 0 Å². The van der Waals surface area contributed by atoms with Crippen LogP contribution in [0.5, 0.6) is 5.75 Å². The summed E-state index contributed by atoms with van der Waals surface area (Å²) >= 11 is 0. The number of aliphatic hydroxyl groups is 3. The van der Waals surface area contributed by atoms with Gasteiger partial charge in [0.1, 0.15) is 18.5 Å². The molecule has 3 N–H and O–H groups in total. The lowest BCUT2D eigenvalue weighted by Gasteiger charge is -2.19. The van der Waals surface area contributed by atoms with E-state index in [0.717, 1.165) is 12.1 Å². The van der Waals surface area contributed by atoms with Gasteiger partial charge in [-0.15, -0.1) is 0 Å². The Morgan fingerprint density at radius 2 is 1.94 bits per heavy atom. The molecular formula is C26H35F3O6. The van der Waals surface area contributed by atoms with Crippen molar-refractivity contribution >= 4 is 5.97 Å². The SMILES string of the molecule is CC(C)OC(=O)CCC/C=C/C[C@@H]1[C@@H](/C=C/[C@H](O)COc2cccc(C(F)(F)F)c2)[C@H](O)C[C@@H]1O. The van der Waals surface area contributed by atoms with Crippen molar-refractivity contribution in [2.45, 2.75) is 76.5 Å². The minimum Gasteiger partial charge on any atom is -0.491 e. The normalized spacial score (nSPS) is 23.9. The average molecular weight is 501 g/mol. The zero-order valence-electron chi connectivity index (χ0n) is 20.0. The second kappa shape index (κ2) is 13.7. The number of alkyl halides is 3. The predicted molar refractivity (Wildman–Crippen MR) is 125 cm³/mol. The van der Waals surface area contributed by atoms with Crippen LogP contribution in [0.1, 0.15) is 51.5 Å². The first kappa shape index (κ1) is 28.9. The Morgan fingerprint density at radius 1 is 1.20 bits per heavy atom. The van der Waals surface area contributed by atoms with Crippen LogP contribution >= 0.6 is 0 Å². The van der Waals surface area contributed by atoms with E-state index in [-0.39, 0.29) is 42.7 Å².